The Morgan fingerprint density at radius 2 is 2.00 bits per heavy atom. The van der Waals surface area contributed by atoms with E-state index in [4.69, 9.17) is 10.5 Å². The maximum Gasteiger partial charge on any atom is 0.245 e. The Labute approximate surface area is 151 Å². The molecule has 1 aliphatic carbocycles. The molecular formula is C20H19N3O3. The molecule has 3 N–H and O–H groups in total. The van der Waals surface area contributed by atoms with Gasteiger partial charge in [0.2, 0.25) is 11.8 Å². The highest BCUT2D eigenvalue weighted by atomic mass is 16.5. The Bertz CT molecular complexity index is 994. The maximum atomic E-state index is 13.2. The average molecular weight is 349 g/mol. The van der Waals surface area contributed by atoms with E-state index in [1.54, 1.807) is 6.07 Å². The zero-order valence-corrected chi connectivity index (χ0v) is 14.9. The first-order valence-corrected chi connectivity index (χ1v) is 8.49. The molecule has 1 spiro atoms. The van der Waals surface area contributed by atoms with Crippen LogP contribution in [0.1, 0.15) is 37.8 Å². The first-order chi connectivity index (χ1) is 12.2. The molecule has 2 aliphatic heterocycles. The number of allylic oxidation sites excluding steroid dienone is 1. The van der Waals surface area contributed by atoms with Crippen molar-refractivity contribution in [2.75, 3.05) is 5.32 Å². The van der Waals surface area contributed by atoms with Crippen LogP contribution in [-0.4, -0.2) is 11.7 Å². The van der Waals surface area contributed by atoms with Gasteiger partial charge in [0.15, 0.2) is 5.78 Å². The molecule has 6 nitrogen and oxygen atoms in total. The number of benzene rings is 1. The molecule has 0 radical (unpaired) electrons. The van der Waals surface area contributed by atoms with Gasteiger partial charge in [-0.05, 0) is 24.0 Å². The van der Waals surface area contributed by atoms with Crippen molar-refractivity contribution < 1.29 is 14.3 Å². The van der Waals surface area contributed by atoms with Crippen LogP contribution < -0.4 is 11.1 Å². The van der Waals surface area contributed by atoms with Crippen LogP contribution in [0.4, 0.5) is 5.69 Å². The fourth-order valence-corrected chi connectivity index (χ4v) is 4.48. The topological polar surface area (TPSA) is 105 Å². The van der Waals surface area contributed by atoms with Gasteiger partial charge in [-0.2, -0.15) is 5.26 Å². The first-order valence-electron chi connectivity index (χ1n) is 8.49. The summed E-state index contributed by atoms with van der Waals surface area (Å²) >= 11 is 0. The van der Waals surface area contributed by atoms with Crippen LogP contribution in [0.15, 0.2) is 41.0 Å². The zero-order chi connectivity index (χ0) is 18.9. The lowest BCUT2D eigenvalue weighted by atomic mass is 9.61. The van der Waals surface area contributed by atoms with Crippen LogP contribution in [0.2, 0.25) is 0 Å². The smallest absolute Gasteiger partial charge is 0.245 e. The summed E-state index contributed by atoms with van der Waals surface area (Å²) in [6, 6.07) is 7.50. The van der Waals surface area contributed by atoms with Gasteiger partial charge in [0.1, 0.15) is 22.8 Å². The van der Waals surface area contributed by atoms with Gasteiger partial charge < -0.3 is 15.8 Å². The summed E-state index contributed by atoms with van der Waals surface area (Å²) in [5.41, 5.74) is 6.51. The number of hydrogen-bond acceptors (Lipinski definition) is 5. The fraction of sp³-hybridized carbons (Fsp3) is 0.350. The van der Waals surface area contributed by atoms with E-state index < -0.39 is 11.3 Å². The molecule has 132 valence electrons. The Morgan fingerprint density at radius 1 is 1.27 bits per heavy atom. The molecule has 0 fully saturated rings. The third kappa shape index (κ3) is 1.86. The van der Waals surface area contributed by atoms with Gasteiger partial charge in [0.05, 0.1) is 5.57 Å². The van der Waals surface area contributed by atoms with E-state index in [-0.39, 0.29) is 34.6 Å². The monoisotopic (exact) mass is 349 g/mol. The van der Waals surface area contributed by atoms with Crippen LogP contribution in [0, 0.1) is 23.7 Å². The third-order valence-electron chi connectivity index (χ3n) is 5.41. The number of ketones is 1. The van der Waals surface area contributed by atoms with Crippen LogP contribution >= 0.6 is 0 Å². The number of nitrogens with one attached hydrogen (secondary N) is 1. The molecule has 3 aliphatic rings. The second-order valence-electron chi connectivity index (χ2n) is 7.89. The summed E-state index contributed by atoms with van der Waals surface area (Å²) in [6.45, 7) is 5.80. The predicted molar refractivity (Wildman–Crippen MR) is 94.4 cm³/mol. The number of carbonyl (C=O) groups is 2. The Hall–Kier alpha value is -3.07. The average Bonchev–Trinajstić information content (AvgIpc) is 2.80. The van der Waals surface area contributed by atoms with E-state index in [0.717, 1.165) is 5.56 Å². The van der Waals surface area contributed by atoms with E-state index in [1.165, 1.54) is 0 Å². The van der Waals surface area contributed by atoms with Crippen molar-refractivity contribution in [1.82, 2.24) is 0 Å². The lowest BCUT2D eigenvalue weighted by Crippen LogP contribution is -2.48. The third-order valence-corrected chi connectivity index (χ3v) is 5.41. The van der Waals surface area contributed by atoms with E-state index in [0.29, 0.717) is 23.4 Å². The highest BCUT2D eigenvalue weighted by Crippen LogP contribution is 2.56. The highest BCUT2D eigenvalue weighted by molar-refractivity contribution is 6.19. The second-order valence-corrected chi connectivity index (χ2v) is 7.89. The number of anilines is 1. The lowest BCUT2D eigenvalue weighted by molar-refractivity contribution is -0.124. The minimum atomic E-state index is -1.53. The van der Waals surface area contributed by atoms with Crippen molar-refractivity contribution in [3.63, 3.8) is 0 Å². The molecule has 1 aromatic carbocycles. The van der Waals surface area contributed by atoms with Crippen molar-refractivity contribution >= 4 is 17.4 Å². The predicted octanol–water partition coefficient (Wildman–Crippen LogP) is 2.55. The SMILES string of the molecule is Cc1cccc2c1[C@@]1(C(=O)N2)C(C#N)=C(N)OC2=C1C(=O)CC(C)(C)C2. The van der Waals surface area contributed by atoms with Crippen molar-refractivity contribution in [2.24, 2.45) is 11.1 Å². The van der Waals surface area contributed by atoms with E-state index >= 15 is 0 Å². The standard InChI is InChI=1S/C20H19N3O3/c1-10-5-4-6-12-15(10)20(18(25)23-12)11(9-21)17(22)26-14-8-19(2,3)7-13(24)16(14)20/h4-6H,7-8,22H2,1-3H3,(H,23,25)/t20-/m0/s1. The number of carbonyl (C=O) groups excluding carboxylic acids is 2. The number of amides is 1. The molecule has 0 unspecified atom stereocenters. The lowest BCUT2D eigenvalue weighted by Gasteiger charge is -2.41. The molecule has 1 atom stereocenters. The molecule has 26 heavy (non-hydrogen) atoms. The van der Waals surface area contributed by atoms with Crippen LogP contribution in [0.25, 0.3) is 0 Å². The molecule has 4 rings (SSSR count). The number of nitrogens with two attached hydrogens (primary N) is 1. The molecular weight excluding hydrogens is 330 g/mol. The number of rotatable bonds is 0. The minimum absolute atomic E-state index is 0.0187. The largest absolute Gasteiger partial charge is 0.444 e. The number of aryl methyl sites for hydroxylation is 1. The van der Waals surface area contributed by atoms with Gasteiger partial charge in [-0.15, -0.1) is 0 Å². The van der Waals surface area contributed by atoms with Crippen molar-refractivity contribution in [3.8, 4) is 6.07 Å². The number of nitriles is 1. The normalized spacial score (nSPS) is 26.2. The summed E-state index contributed by atoms with van der Waals surface area (Å²) in [6.07, 6.45) is 0.758. The molecule has 0 bridgehead atoms. The van der Waals surface area contributed by atoms with Gasteiger partial charge in [0, 0.05) is 24.1 Å². The van der Waals surface area contributed by atoms with E-state index in [1.807, 2.05) is 39.0 Å². The number of Topliss-reactive ketones (excluding diaryl/α,β-unsaturated/α-hetero) is 1. The molecule has 1 amide bonds. The number of ether oxygens (including phenoxy) is 1. The summed E-state index contributed by atoms with van der Waals surface area (Å²) in [4.78, 5) is 26.4. The number of fused-ring (bicyclic) bond motifs is 3. The van der Waals surface area contributed by atoms with Gasteiger partial charge in [-0.3, -0.25) is 9.59 Å². The van der Waals surface area contributed by atoms with E-state index in [2.05, 4.69) is 5.32 Å². The van der Waals surface area contributed by atoms with Gasteiger partial charge in [-0.25, -0.2) is 0 Å². The summed E-state index contributed by atoms with van der Waals surface area (Å²) in [5, 5.41) is 12.7. The molecule has 0 aromatic heterocycles. The molecule has 2 heterocycles. The Balaban J connectivity index is 2.13. The Kier molecular flexibility index (Phi) is 3.14. The van der Waals surface area contributed by atoms with Crippen LogP contribution in [0.5, 0.6) is 0 Å². The number of hydrogen-bond donors (Lipinski definition) is 2. The fourth-order valence-electron chi connectivity index (χ4n) is 4.48. The van der Waals surface area contributed by atoms with Crippen LogP contribution in [0.3, 0.4) is 0 Å². The maximum absolute atomic E-state index is 13.2. The van der Waals surface area contributed by atoms with Crippen molar-refractivity contribution in [2.45, 2.75) is 39.0 Å². The summed E-state index contributed by atoms with van der Waals surface area (Å²) < 4.78 is 5.70. The molecule has 1 aromatic rings. The summed E-state index contributed by atoms with van der Waals surface area (Å²) in [5.74, 6) is -0.315. The van der Waals surface area contributed by atoms with Gasteiger partial charge >= 0.3 is 0 Å². The van der Waals surface area contributed by atoms with Gasteiger partial charge in [0.25, 0.3) is 0 Å². The van der Waals surface area contributed by atoms with Crippen molar-refractivity contribution in [1.29, 1.82) is 5.26 Å². The van der Waals surface area contributed by atoms with Gasteiger partial charge in [-0.1, -0.05) is 26.0 Å². The highest BCUT2D eigenvalue weighted by Gasteiger charge is 2.61. The minimum Gasteiger partial charge on any atom is -0.444 e. The molecule has 0 saturated carbocycles. The zero-order valence-electron chi connectivity index (χ0n) is 14.9. The summed E-state index contributed by atoms with van der Waals surface area (Å²) in [7, 11) is 0. The van der Waals surface area contributed by atoms with E-state index in [9.17, 15) is 14.9 Å². The first kappa shape index (κ1) is 16.4. The number of nitrogens with zero attached hydrogens (tertiary/aromatic N) is 1. The van der Waals surface area contributed by atoms with Crippen molar-refractivity contribution in [3.05, 3.63) is 52.1 Å². The quantitative estimate of drug-likeness (QED) is 0.749. The second kappa shape index (κ2) is 4.98. The molecule has 0 saturated heterocycles. The molecule has 6 heteroatoms. The van der Waals surface area contributed by atoms with Crippen LogP contribution in [-0.2, 0) is 19.7 Å². The Morgan fingerprint density at radius 3 is 2.69 bits per heavy atom.